The van der Waals surface area contributed by atoms with Crippen molar-refractivity contribution in [1.29, 1.82) is 0 Å². The zero-order valence-corrected chi connectivity index (χ0v) is 27.4. The number of phenolic OH excluding ortho intramolecular Hbond substituents is 1. The first-order valence-corrected chi connectivity index (χ1v) is 16.1. The highest BCUT2D eigenvalue weighted by Crippen LogP contribution is 2.39. The Hall–Kier alpha value is -5.25. The van der Waals surface area contributed by atoms with Crippen molar-refractivity contribution in [2.24, 2.45) is 0 Å². The molecule has 6 heterocycles. The lowest BCUT2D eigenvalue weighted by Crippen LogP contribution is -2.22. The molecular formula is C36H31ClF2N6O4. The molecule has 0 spiro atoms. The second-order valence-electron chi connectivity index (χ2n) is 12.1. The number of H-pyrrole nitrogens is 1. The molecular weight excluding hydrogens is 654 g/mol. The fraction of sp³-hybridized carbons (Fsp3) is 0.278. The molecule has 8 rings (SSSR count). The van der Waals surface area contributed by atoms with Crippen LogP contribution in [0.15, 0.2) is 51.9 Å². The van der Waals surface area contributed by atoms with Gasteiger partial charge in [0.15, 0.2) is 0 Å². The number of benzene rings is 2. The number of fused-ring (bicyclic) bond motifs is 4. The van der Waals surface area contributed by atoms with Gasteiger partial charge in [-0.25, -0.2) is 18.6 Å². The molecule has 2 saturated heterocycles. The first-order chi connectivity index (χ1) is 23.7. The monoisotopic (exact) mass is 684 g/mol. The van der Waals surface area contributed by atoms with Crippen molar-refractivity contribution in [2.75, 3.05) is 25.5 Å². The maximum absolute atomic E-state index is 14.7. The quantitative estimate of drug-likeness (QED) is 0.166. The number of phenols is 1. The van der Waals surface area contributed by atoms with Crippen LogP contribution >= 0.6 is 11.6 Å². The van der Waals surface area contributed by atoms with E-state index in [2.05, 4.69) is 36.1 Å². The third-order valence-corrected chi connectivity index (χ3v) is 9.43. The molecule has 3 N–H and O–H groups in total. The Morgan fingerprint density at radius 1 is 1.24 bits per heavy atom. The summed E-state index contributed by atoms with van der Waals surface area (Å²) >= 11 is 6.38. The van der Waals surface area contributed by atoms with E-state index >= 15 is 0 Å². The number of terminal acetylenes is 1. The van der Waals surface area contributed by atoms with E-state index in [1.165, 1.54) is 44.2 Å². The molecule has 2 aliphatic rings. The second kappa shape index (κ2) is 13.0. The van der Waals surface area contributed by atoms with E-state index in [9.17, 15) is 18.7 Å². The van der Waals surface area contributed by atoms with E-state index in [1.807, 2.05) is 0 Å². The maximum atomic E-state index is 14.7. The minimum atomic E-state index is -0.755. The molecule has 2 unspecified atom stereocenters. The largest absolute Gasteiger partial charge is 0.508 e. The number of aromatic amines is 1. The van der Waals surface area contributed by atoms with Crippen LogP contribution in [0.4, 0.5) is 14.6 Å². The van der Waals surface area contributed by atoms with Gasteiger partial charge < -0.3 is 24.6 Å². The van der Waals surface area contributed by atoms with Gasteiger partial charge in [-0.15, -0.1) is 6.42 Å². The molecule has 0 saturated carbocycles. The number of hydrogen-bond donors (Lipinski definition) is 3. The van der Waals surface area contributed by atoms with E-state index in [0.29, 0.717) is 39.6 Å². The van der Waals surface area contributed by atoms with Crippen LogP contribution in [-0.2, 0) is 6.54 Å². The molecule has 0 radical (unpaired) electrons. The third-order valence-electron chi connectivity index (χ3n) is 9.12. The number of halogens is 3. The first kappa shape index (κ1) is 32.3. The Balaban J connectivity index is 0.000000361. The summed E-state index contributed by atoms with van der Waals surface area (Å²) in [5.74, 6) is 1.88. The summed E-state index contributed by atoms with van der Waals surface area (Å²) in [6.45, 7) is 3.78. The molecule has 6 aromatic rings. The molecule has 0 aliphatic carbocycles. The molecule has 2 atom stereocenters. The molecule has 250 valence electrons. The molecule has 13 heteroatoms. The number of anilines is 1. The first-order valence-electron chi connectivity index (χ1n) is 15.7. The van der Waals surface area contributed by atoms with E-state index in [0.717, 1.165) is 23.9 Å². The van der Waals surface area contributed by atoms with Crippen LogP contribution in [0.25, 0.3) is 44.0 Å². The van der Waals surface area contributed by atoms with Crippen LogP contribution in [0.5, 0.6) is 11.8 Å². The van der Waals surface area contributed by atoms with Crippen LogP contribution in [-0.4, -0.2) is 62.4 Å². The fourth-order valence-electron chi connectivity index (χ4n) is 6.88. The van der Waals surface area contributed by atoms with Crippen molar-refractivity contribution in [3.05, 3.63) is 80.7 Å². The van der Waals surface area contributed by atoms with Crippen molar-refractivity contribution in [2.45, 2.75) is 44.9 Å². The minimum absolute atomic E-state index is 0.00408. The van der Waals surface area contributed by atoms with E-state index < -0.39 is 17.6 Å². The number of nitrogens with one attached hydrogen (secondary N) is 2. The summed E-state index contributed by atoms with van der Waals surface area (Å²) in [6.07, 6.45) is 11.8. The molecule has 2 fully saturated rings. The van der Waals surface area contributed by atoms with Gasteiger partial charge in [-0.3, -0.25) is 4.90 Å². The maximum Gasteiger partial charge on any atom is 0.349 e. The highest BCUT2D eigenvalue weighted by atomic mass is 35.5. The van der Waals surface area contributed by atoms with Crippen LogP contribution in [0.3, 0.4) is 0 Å². The van der Waals surface area contributed by atoms with Crippen molar-refractivity contribution in [3.63, 3.8) is 0 Å². The number of hydrogen-bond acceptors (Lipinski definition) is 9. The predicted molar refractivity (Wildman–Crippen MR) is 184 cm³/mol. The lowest BCUT2D eigenvalue weighted by atomic mass is 9.95. The van der Waals surface area contributed by atoms with Crippen molar-refractivity contribution < 1.29 is 23.0 Å². The Labute approximate surface area is 284 Å². The lowest BCUT2D eigenvalue weighted by molar-refractivity contribution is 0.292. The number of pyridine rings is 1. The van der Waals surface area contributed by atoms with E-state index in [4.69, 9.17) is 27.2 Å². The van der Waals surface area contributed by atoms with Crippen molar-refractivity contribution in [1.82, 2.24) is 24.8 Å². The SMILES string of the molecule is C#Cc1c(F)ccc2cc(O)cc(-c3oc(=O)c4c(NCc5c[nH]c6nccc(Cl)c56)nc(OC)nc4c3C)c12.FC1CC2CCCN2C1. The summed E-state index contributed by atoms with van der Waals surface area (Å²) in [6, 6.07) is 7.83. The number of rotatable bonds is 5. The van der Waals surface area contributed by atoms with Gasteiger partial charge in [0.05, 0.1) is 23.2 Å². The number of alkyl halides is 1. The Morgan fingerprint density at radius 2 is 2.08 bits per heavy atom. The van der Waals surface area contributed by atoms with Gasteiger partial charge in [-0.05, 0) is 67.9 Å². The second-order valence-corrected chi connectivity index (χ2v) is 12.5. The predicted octanol–water partition coefficient (Wildman–Crippen LogP) is 6.88. The fourth-order valence-corrected chi connectivity index (χ4v) is 7.15. The van der Waals surface area contributed by atoms with Gasteiger partial charge in [-0.1, -0.05) is 23.6 Å². The number of ether oxygens (including phenoxy) is 1. The van der Waals surface area contributed by atoms with Crippen LogP contribution < -0.4 is 15.7 Å². The molecule has 49 heavy (non-hydrogen) atoms. The zero-order chi connectivity index (χ0) is 34.4. The standard InChI is InChI=1S/C29H19ClFN5O4.C7H12FN/c1-4-17-20(31)6-5-14-9-16(37)10-18(21(14)17)25-13(2)24-23(28(38)40-25)27(36-29(35-24)39-3)34-12-15-11-33-26-22(15)19(30)7-8-32-26;8-6-4-7-2-1-3-9(7)5-6/h1,5-11,37H,12H2,2-3H3,(H,32,33)(H,34,35,36);6-7H,1-5H2. The highest BCUT2D eigenvalue weighted by molar-refractivity contribution is 6.35. The molecule has 0 amide bonds. The smallest absolute Gasteiger partial charge is 0.349 e. The Morgan fingerprint density at radius 3 is 2.86 bits per heavy atom. The minimum Gasteiger partial charge on any atom is -0.508 e. The normalized spacial score (nSPS) is 17.2. The van der Waals surface area contributed by atoms with Gasteiger partial charge in [0.2, 0.25) is 0 Å². The number of aryl methyl sites for hydroxylation is 1. The number of nitrogens with zero attached hydrogens (tertiary/aromatic N) is 4. The zero-order valence-electron chi connectivity index (χ0n) is 26.6. The van der Waals surface area contributed by atoms with Gasteiger partial charge in [0, 0.05) is 53.4 Å². The molecule has 2 aromatic carbocycles. The van der Waals surface area contributed by atoms with Gasteiger partial charge in [-0.2, -0.15) is 9.97 Å². The molecule has 0 bridgehead atoms. The topological polar surface area (TPSA) is 129 Å². The van der Waals surface area contributed by atoms with Gasteiger partial charge in [0.25, 0.3) is 0 Å². The summed E-state index contributed by atoms with van der Waals surface area (Å²) in [4.78, 5) is 31.9. The average Bonchev–Trinajstić information content (AvgIpc) is 3.80. The van der Waals surface area contributed by atoms with Crippen LogP contribution in [0.1, 0.15) is 36.0 Å². The highest BCUT2D eigenvalue weighted by Gasteiger charge is 2.34. The average molecular weight is 685 g/mol. The van der Waals surface area contributed by atoms with Gasteiger partial charge >= 0.3 is 11.6 Å². The number of aromatic nitrogens is 4. The van der Waals surface area contributed by atoms with Crippen molar-refractivity contribution in [3.8, 4) is 35.4 Å². The van der Waals surface area contributed by atoms with Crippen molar-refractivity contribution >= 4 is 50.1 Å². The summed E-state index contributed by atoms with van der Waals surface area (Å²) in [7, 11) is 1.41. The van der Waals surface area contributed by atoms with E-state index in [-0.39, 0.29) is 51.9 Å². The van der Waals surface area contributed by atoms with Crippen LogP contribution in [0, 0.1) is 25.1 Å². The molecule has 2 aliphatic heterocycles. The Kier molecular flexibility index (Phi) is 8.56. The lowest BCUT2D eigenvalue weighted by Gasteiger charge is -2.15. The Bertz CT molecular complexity index is 2340. The third kappa shape index (κ3) is 5.89. The molecule has 10 nitrogen and oxygen atoms in total. The summed E-state index contributed by atoms with van der Waals surface area (Å²) < 4.78 is 38.4. The van der Waals surface area contributed by atoms with Crippen LogP contribution in [0.2, 0.25) is 5.02 Å². The van der Waals surface area contributed by atoms with Gasteiger partial charge in [0.1, 0.15) is 40.3 Å². The number of methoxy groups -OCH3 is 1. The van der Waals surface area contributed by atoms with E-state index in [1.54, 1.807) is 25.4 Å². The summed E-state index contributed by atoms with van der Waals surface area (Å²) in [5, 5.41) is 15.7. The molecule has 4 aromatic heterocycles. The number of aromatic hydroxyl groups is 1. The summed E-state index contributed by atoms with van der Waals surface area (Å²) in [5.41, 5.74) is 1.55.